The average molecular weight is 347 g/mol. The number of fused-ring (bicyclic) bond motifs is 1. The Morgan fingerprint density at radius 2 is 2.04 bits per heavy atom. The lowest BCUT2D eigenvalue weighted by atomic mass is 10.2. The highest BCUT2D eigenvalue weighted by Crippen LogP contribution is 2.36. The Morgan fingerprint density at radius 1 is 1.22 bits per heavy atom. The topological polar surface area (TPSA) is 58.2 Å². The van der Waals surface area contributed by atoms with Gasteiger partial charge in [0.15, 0.2) is 0 Å². The van der Waals surface area contributed by atoms with Crippen LogP contribution in [0.4, 0.5) is 5.69 Å². The van der Waals surface area contributed by atoms with Crippen molar-refractivity contribution < 1.29 is 9.59 Å². The van der Waals surface area contributed by atoms with Gasteiger partial charge in [-0.1, -0.05) is 35.9 Å². The molecular formula is C17H15ClN2O2S. The fraction of sp³-hybridized carbons (Fsp3) is 0.176. The molecule has 0 fully saturated rings. The van der Waals surface area contributed by atoms with Gasteiger partial charge in [0, 0.05) is 22.9 Å². The Balaban J connectivity index is 1.57. The van der Waals surface area contributed by atoms with Crippen LogP contribution >= 0.6 is 23.4 Å². The number of carbonyl (C=O) groups excluding carboxylic acids is 2. The Bertz CT molecular complexity index is 751. The molecule has 0 bridgehead atoms. The van der Waals surface area contributed by atoms with Crippen LogP contribution in [0.25, 0.3) is 0 Å². The molecule has 1 aliphatic heterocycles. The van der Waals surface area contributed by atoms with Crippen LogP contribution in [0.1, 0.15) is 12.0 Å². The van der Waals surface area contributed by atoms with Crippen molar-refractivity contribution in [3.8, 4) is 0 Å². The minimum Gasteiger partial charge on any atom is -0.352 e. The molecule has 118 valence electrons. The van der Waals surface area contributed by atoms with Crippen LogP contribution in [-0.4, -0.2) is 17.1 Å². The predicted molar refractivity (Wildman–Crippen MR) is 92.6 cm³/mol. The SMILES string of the molecule is O=C(C[C@@H]1Sc2ccccc2NC1=O)NCc1cccc(Cl)c1. The first-order valence-electron chi connectivity index (χ1n) is 7.19. The third kappa shape index (κ3) is 4.06. The van der Waals surface area contributed by atoms with Crippen LogP contribution in [0.5, 0.6) is 0 Å². The van der Waals surface area contributed by atoms with Gasteiger partial charge in [-0.15, -0.1) is 11.8 Å². The Morgan fingerprint density at radius 3 is 2.87 bits per heavy atom. The second-order valence-electron chi connectivity index (χ2n) is 5.20. The van der Waals surface area contributed by atoms with Crippen LogP contribution in [0.3, 0.4) is 0 Å². The number of carbonyl (C=O) groups is 2. The van der Waals surface area contributed by atoms with Crippen molar-refractivity contribution in [1.29, 1.82) is 0 Å². The van der Waals surface area contributed by atoms with Gasteiger partial charge in [0.2, 0.25) is 11.8 Å². The molecule has 1 aliphatic rings. The summed E-state index contributed by atoms with van der Waals surface area (Å²) < 4.78 is 0. The molecule has 2 aromatic rings. The summed E-state index contributed by atoms with van der Waals surface area (Å²) in [4.78, 5) is 25.2. The van der Waals surface area contributed by atoms with E-state index in [-0.39, 0.29) is 18.2 Å². The number of hydrogen-bond acceptors (Lipinski definition) is 3. The normalized spacial score (nSPS) is 16.4. The lowest BCUT2D eigenvalue weighted by Gasteiger charge is -2.23. The third-order valence-corrected chi connectivity index (χ3v) is 4.97. The summed E-state index contributed by atoms with van der Waals surface area (Å²) >= 11 is 7.34. The molecular weight excluding hydrogens is 332 g/mol. The number of rotatable bonds is 4. The van der Waals surface area contributed by atoms with Gasteiger partial charge in [0.05, 0.1) is 10.9 Å². The number of nitrogens with one attached hydrogen (secondary N) is 2. The van der Waals surface area contributed by atoms with Crippen molar-refractivity contribution in [2.24, 2.45) is 0 Å². The molecule has 0 saturated carbocycles. The highest BCUT2D eigenvalue weighted by Gasteiger charge is 2.28. The van der Waals surface area contributed by atoms with E-state index in [4.69, 9.17) is 11.6 Å². The molecule has 23 heavy (non-hydrogen) atoms. The minimum atomic E-state index is -0.413. The molecule has 2 aromatic carbocycles. The summed E-state index contributed by atoms with van der Waals surface area (Å²) in [6.07, 6.45) is 0.144. The molecule has 6 heteroatoms. The fourth-order valence-corrected chi connectivity index (χ4v) is 3.64. The quantitative estimate of drug-likeness (QED) is 0.891. The van der Waals surface area contributed by atoms with Gasteiger partial charge >= 0.3 is 0 Å². The molecule has 0 unspecified atom stereocenters. The Hall–Kier alpha value is -1.98. The predicted octanol–water partition coefficient (Wildman–Crippen LogP) is 3.46. The molecule has 0 aliphatic carbocycles. The molecule has 0 saturated heterocycles. The largest absolute Gasteiger partial charge is 0.352 e. The van der Waals surface area contributed by atoms with E-state index in [0.717, 1.165) is 16.1 Å². The van der Waals surface area contributed by atoms with E-state index in [1.807, 2.05) is 36.4 Å². The lowest BCUT2D eigenvalue weighted by molar-refractivity contribution is -0.124. The van der Waals surface area contributed by atoms with Gasteiger partial charge in [-0.05, 0) is 29.8 Å². The highest BCUT2D eigenvalue weighted by atomic mass is 35.5. The first kappa shape index (κ1) is 15.9. The summed E-state index contributed by atoms with van der Waals surface area (Å²) in [6, 6.07) is 14.9. The van der Waals surface area contributed by atoms with E-state index in [2.05, 4.69) is 10.6 Å². The molecule has 4 nitrogen and oxygen atoms in total. The zero-order valence-electron chi connectivity index (χ0n) is 12.2. The molecule has 0 spiro atoms. The third-order valence-electron chi connectivity index (χ3n) is 3.46. The van der Waals surface area contributed by atoms with E-state index in [1.54, 1.807) is 12.1 Å². The monoisotopic (exact) mass is 346 g/mol. The van der Waals surface area contributed by atoms with E-state index < -0.39 is 5.25 Å². The molecule has 2 N–H and O–H groups in total. The zero-order valence-corrected chi connectivity index (χ0v) is 13.8. The number of halogens is 1. The van der Waals surface area contributed by atoms with E-state index in [9.17, 15) is 9.59 Å². The van der Waals surface area contributed by atoms with Crippen LogP contribution < -0.4 is 10.6 Å². The molecule has 1 heterocycles. The van der Waals surface area contributed by atoms with Gasteiger partial charge in [-0.2, -0.15) is 0 Å². The maximum Gasteiger partial charge on any atom is 0.238 e. The Labute approximate surface area is 143 Å². The number of anilines is 1. The number of amides is 2. The summed E-state index contributed by atoms with van der Waals surface area (Å²) in [5.41, 5.74) is 1.73. The van der Waals surface area contributed by atoms with Gasteiger partial charge in [-0.3, -0.25) is 9.59 Å². The van der Waals surface area contributed by atoms with Crippen molar-refractivity contribution >= 4 is 40.9 Å². The summed E-state index contributed by atoms with van der Waals surface area (Å²) in [6.45, 7) is 0.398. The minimum absolute atomic E-state index is 0.133. The van der Waals surface area contributed by atoms with Crippen molar-refractivity contribution in [2.45, 2.75) is 23.1 Å². The highest BCUT2D eigenvalue weighted by molar-refractivity contribution is 8.01. The second kappa shape index (κ2) is 7.06. The van der Waals surface area contributed by atoms with Crippen LogP contribution in [0.15, 0.2) is 53.4 Å². The maximum atomic E-state index is 12.1. The number of hydrogen-bond donors (Lipinski definition) is 2. The van der Waals surface area contributed by atoms with Crippen molar-refractivity contribution in [3.63, 3.8) is 0 Å². The molecule has 2 amide bonds. The van der Waals surface area contributed by atoms with Crippen LogP contribution in [-0.2, 0) is 16.1 Å². The van der Waals surface area contributed by atoms with Gasteiger partial charge < -0.3 is 10.6 Å². The van der Waals surface area contributed by atoms with Crippen LogP contribution in [0.2, 0.25) is 5.02 Å². The molecule has 1 atom stereocenters. The van der Waals surface area contributed by atoms with E-state index in [1.165, 1.54) is 11.8 Å². The number of thioether (sulfide) groups is 1. The van der Waals surface area contributed by atoms with Crippen molar-refractivity contribution in [1.82, 2.24) is 5.32 Å². The van der Waals surface area contributed by atoms with Crippen LogP contribution in [0, 0.1) is 0 Å². The first-order valence-corrected chi connectivity index (χ1v) is 8.45. The van der Waals surface area contributed by atoms with Crippen molar-refractivity contribution in [3.05, 3.63) is 59.1 Å². The fourth-order valence-electron chi connectivity index (χ4n) is 2.32. The molecule has 0 aromatic heterocycles. The van der Waals surface area contributed by atoms with Crippen molar-refractivity contribution in [2.75, 3.05) is 5.32 Å². The van der Waals surface area contributed by atoms with Gasteiger partial charge in [0.25, 0.3) is 0 Å². The number of benzene rings is 2. The smallest absolute Gasteiger partial charge is 0.238 e. The molecule has 3 rings (SSSR count). The lowest BCUT2D eigenvalue weighted by Crippen LogP contribution is -2.34. The summed E-state index contributed by atoms with van der Waals surface area (Å²) in [7, 11) is 0. The number of para-hydroxylation sites is 1. The second-order valence-corrected chi connectivity index (χ2v) is 6.88. The van der Waals surface area contributed by atoms with Gasteiger partial charge in [0.1, 0.15) is 0 Å². The summed E-state index contributed by atoms with van der Waals surface area (Å²) in [5.74, 6) is -0.288. The van der Waals surface area contributed by atoms with E-state index >= 15 is 0 Å². The molecule has 0 radical (unpaired) electrons. The maximum absolute atomic E-state index is 12.1. The standard InChI is InChI=1S/C17H15ClN2O2S/c18-12-5-3-4-11(8-12)10-19-16(21)9-15-17(22)20-13-6-1-2-7-14(13)23-15/h1-8,15H,9-10H2,(H,19,21)(H,20,22)/t15-/m0/s1. The average Bonchev–Trinajstić information content (AvgIpc) is 2.54. The Kier molecular flexibility index (Phi) is 4.88. The zero-order chi connectivity index (χ0) is 16.2. The first-order chi connectivity index (χ1) is 11.1. The van der Waals surface area contributed by atoms with Gasteiger partial charge in [-0.25, -0.2) is 0 Å². The van der Waals surface area contributed by atoms with E-state index in [0.29, 0.717) is 11.6 Å². The summed E-state index contributed by atoms with van der Waals surface area (Å²) in [5, 5.41) is 5.89.